The molecule has 0 N–H and O–H groups in total. The Morgan fingerprint density at radius 2 is 1.05 bits per heavy atom. The van der Waals surface area contributed by atoms with Crippen LogP contribution in [-0.2, 0) is 4.74 Å². The quantitative estimate of drug-likeness (QED) is 0.677. The van der Waals surface area contributed by atoms with E-state index in [1.165, 1.54) is 0 Å². The van der Waals surface area contributed by atoms with Crippen molar-refractivity contribution >= 4 is 0 Å². The van der Waals surface area contributed by atoms with Crippen LogP contribution in [0.2, 0.25) is 0 Å². The first-order chi connectivity index (χ1) is 8.56. The summed E-state index contributed by atoms with van der Waals surface area (Å²) in [7, 11) is 0. The number of hydrogen-bond acceptors (Lipinski definition) is 1. The molecule has 0 aromatic carbocycles. The van der Waals surface area contributed by atoms with Gasteiger partial charge in [0.25, 0.3) is 0 Å². The highest BCUT2D eigenvalue weighted by Gasteiger charge is 2.90. The second kappa shape index (κ2) is 5.19. The van der Waals surface area contributed by atoms with Gasteiger partial charge in [0.05, 0.1) is 6.61 Å². The van der Waals surface area contributed by atoms with Crippen molar-refractivity contribution in [3.63, 3.8) is 0 Å². The van der Waals surface area contributed by atoms with Gasteiger partial charge in [-0.3, -0.25) is 0 Å². The molecule has 0 spiro atoms. The smallest absolute Gasteiger partial charge is 0.316 e. The van der Waals surface area contributed by atoms with Crippen molar-refractivity contribution in [3.05, 3.63) is 0 Å². The van der Waals surface area contributed by atoms with Crippen molar-refractivity contribution in [2.45, 2.75) is 43.4 Å². The molecule has 0 aliphatic heterocycles. The molecule has 0 saturated carbocycles. The maximum Gasteiger partial charge on any atom is 0.438 e. The lowest BCUT2D eigenvalue weighted by atomic mass is 9.95. The second-order valence-corrected chi connectivity index (χ2v) is 3.59. The Balaban J connectivity index is 5.94. The fourth-order valence-corrected chi connectivity index (χ4v) is 1.04. The predicted molar refractivity (Wildman–Crippen MR) is 42.1 cm³/mol. The molecule has 0 aromatic heterocycles. The molecule has 0 atom stereocenters. The van der Waals surface area contributed by atoms with Crippen LogP contribution in [0.3, 0.4) is 0 Å². The molecule has 122 valence electrons. The fraction of sp³-hybridized carbons (Fsp3) is 1.00. The highest BCUT2D eigenvalue weighted by atomic mass is 19.4. The van der Waals surface area contributed by atoms with Gasteiger partial charge < -0.3 is 4.74 Å². The summed E-state index contributed by atoms with van der Waals surface area (Å²) in [5, 5.41) is 0. The van der Waals surface area contributed by atoms with Crippen molar-refractivity contribution in [2.75, 3.05) is 6.61 Å². The minimum atomic E-state index is -7.45. The summed E-state index contributed by atoms with van der Waals surface area (Å²) in [6.45, 7) is -0.237. The Bertz CT molecular complexity index is 314. The van der Waals surface area contributed by atoms with E-state index < -0.39 is 43.1 Å². The molecular weight excluding hydrogens is 321 g/mol. The molecule has 0 heterocycles. The number of ether oxygens (including phenoxy) is 1. The molecule has 0 saturated heterocycles. The Kier molecular flexibility index (Phi) is 4.98. The maximum atomic E-state index is 12.9. The summed E-state index contributed by atoms with van der Waals surface area (Å²) >= 11 is 0. The minimum absolute atomic E-state index is 0.428. The zero-order valence-corrected chi connectivity index (χ0v) is 9.48. The third kappa shape index (κ3) is 2.79. The van der Waals surface area contributed by atoms with E-state index in [9.17, 15) is 48.3 Å². The predicted octanol–water partition coefficient (Wildman–Crippen LogP) is 4.47. The molecule has 0 radical (unpaired) electrons. The average Bonchev–Trinajstić information content (AvgIpc) is 2.21. The fourth-order valence-electron chi connectivity index (χ4n) is 1.04. The maximum absolute atomic E-state index is 12.9. The van der Waals surface area contributed by atoms with E-state index in [0.29, 0.717) is 0 Å². The molecular formula is C8H7F11O. The highest BCUT2D eigenvalue weighted by molar-refractivity contribution is 5.08. The van der Waals surface area contributed by atoms with E-state index in [4.69, 9.17) is 0 Å². The van der Waals surface area contributed by atoms with E-state index in [1.54, 1.807) is 0 Å². The zero-order chi connectivity index (χ0) is 16.6. The van der Waals surface area contributed by atoms with E-state index >= 15 is 0 Å². The van der Waals surface area contributed by atoms with Gasteiger partial charge in [-0.05, 0) is 6.42 Å². The van der Waals surface area contributed by atoms with Gasteiger partial charge in [-0.1, -0.05) is 6.92 Å². The lowest BCUT2D eigenvalue weighted by Crippen LogP contribution is -2.70. The van der Waals surface area contributed by atoms with E-state index in [-0.39, 0.29) is 0 Å². The summed E-state index contributed by atoms with van der Waals surface area (Å²) in [6, 6.07) is 0. The van der Waals surface area contributed by atoms with Crippen molar-refractivity contribution in [2.24, 2.45) is 0 Å². The Labute approximate surface area is 104 Å². The van der Waals surface area contributed by atoms with Crippen LogP contribution in [0.1, 0.15) is 13.3 Å². The second-order valence-electron chi connectivity index (χ2n) is 3.59. The summed E-state index contributed by atoms with van der Waals surface area (Å²) in [5.41, 5.74) is -7.45. The van der Waals surface area contributed by atoms with E-state index in [0.717, 1.165) is 6.92 Å². The normalized spacial score (nSPS) is 15.6. The van der Waals surface area contributed by atoms with Crippen LogP contribution in [0.4, 0.5) is 48.3 Å². The van der Waals surface area contributed by atoms with Gasteiger partial charge in [-0.15, -0.1) is 0 Å². The molecule has 0 amide bonds. The van der Waals surface area contributed by atoms with Crippen molar-refractivity contribution < 1.29 is 53.0 Å². The molecule has 0 aliphatic carbocycles. The van der Waals surface area contributed by atoms with Crippen molar-refractivity contribution in [1.29, 1.82) is 0 Å². The van der Waals surface area contributed by atoms with Crippen molar-refractivity contribution in [3.8, 4) is 0 Å². The van der Waals surface area contributed by atoms with Crippen LogP contribution in [0, 0.1) is 0 Å². The Hall–Kier alpha value is -0.810. The van der Waals surface area contributed by atoms with Gasteiger partial charge in [0.2, 0.25) is 0 Å². The van der Waals surface area contributed by atoms with Gasteiger partial charge in [-0.2, -0.15) is 43.9 Å². The molecule has 0 bridgehead atoms. The zero-order valence-electron chi connectivity index (χ0n) is 9.48. The Morgan fingerprint density at radius 1 is 0.700 bits per heavy atom. The van der Waals surface area contributed by atoms with E-state index in [1.807, 2.05) is 0 Å². The van der Waals surface area contributed by atoms with Gasteiger partial charge in [0.1, 0.15) is 0 Å². The van der Waals surface area contributed by atoms with E-state index in [2.05, 4.69) is 4.74 Å². The summed E-state index contributed by atoms with van der Waals surface area (Å²) < 4.78 is 139. The van der Waals surface area contributed by atoms with Gasteiger partial charge in [0.15, 0.2) is 0 Å². The summed E-state index contributed by atoms with van der Waals surface area (Å²) in [4.78, 5) is 0. The van der Waals surface area contributed by atoms with Crippen LogP contribution in [-0.4, -0.2) is 36.7 Å². The molecule has 12 heteroatoms. The molecule has 0 aliphatic rings. The van der Waals surface area contributed by atoms with Crippen LogP contribution >= 0.6 is 0 Å². The molecule has 1 nitrogen and oxygen atoms in total. The number of rotatable bonds is 5. The van der Waals surface area contributed by atoms with Crippen LogP contribution in [0.15, 0.2) is 0 Å². The molecule has 0 aromatic rings. The Morgan fingerprint density at radius 3 is 1.30 bits per heavy atom. The summed E-state index contributed by atoms with van der Waals surface area (Å²) in [5.74, 6) is -7.20. The van der Waals surface area contributed by atoms with Crippen molar-refractivity contribution in [1.82, 2.24) is 0 Å². The monoisotopic (exact) mass is 328 g/mol. The third-order valence-electron chi connectivity index (χ3n) is 2.07. The molecule has 0 fully saturated rings. The number of hydrogen-bond donors (Lipinski definition) is 0. The first kappa shape index (κ1) is 19.2. The van der Waals surface area contributed by atoms with Crippen LogP contribution in [0.25, 0.3) is 0 Å². The number of alkyl halides is 11. The highest BCUT2D eigenvalue weighted by Crippen LogP contribution is 2.59. The molecule has 20 heavy (non-hydrogen) atoms. The number of halogens is 11. The largest absolute Gasteiger partial charge is 0.438 e. The first-order valence-corrected chi connectivity index (χ1v) is 4.78. The van der Waals surface area contributed by atoms with Gasteiger partial charge in [-0.25, -0.2) is 4.39 Å². The van der Waals surface area contributed by atoms with Crippen LogP contribution in [0.5, 0.6) is 0 Å². The van der Waals surface area contributed by atoms with Gasteiger partial charge in [0, 0.05) is 0 Å². The lowest BCUT2D eigenvalue weighted by Gasteiger charge is -2.38. The molecule has 0 unspecified atom stereocenters. The first-order valence-electron chi connectivity index (χ1n) is 4.78. The SMILES string of the molecule is CCCOC(F)(F)C(F)(F)C(F)(C(F)(F)F)C(F)(F)F. The average molecular weight is 328 g/mol. The third-order valence-corrected chi connectivity index (χ3v) is 2.07. The lowest BCUT2D eigenvalue weighted by molar-refractivity contribution is -0.462. The minimum Gasteiger partial charge on any atom is -0.316 e. The summed E-state index contributed by atoms with van der Waals surface area (Å²) in [6.07, 6.45) is -21.4. The standard InChI is InChI=1S/C8H7F11O/c1-2-3-20-8(18,19)5(10,11)4(9,6(12,13)14)7(15,16)17/h2-3H2,1H3. The topological polar surface area (TPSA) is 9.23 Å². The van der Waals surface area contributed by atoms with Gasteiger partial charge >= 0.3 is 30.1 Å². The van der Waals surface area contributed by atoms with Crippen LogP contribution < -0.4 is 0 Å². The molecule has 0 rings (SSSR count).